The lowest BCUT2D eigenvalue weighted by atomic mass is 9.93. The molecule has 1 aliphatic rings. The molecule has 0 spiro atoms. The van der Waals surface area contributed by atoms with E-state index in [9.17, 15) is 14.7 Å². The van der Waals surface area contributed by atoms with Crippen LogP contribution in [-0.2, 0) is 17.6 Å². The Labute approximate surface area is 129 Å². The number of carboxylic acid groups (broad SMARTS) is 1. The minimum absolute atomic E-state index is 0.190. The van der Waals surface area contributed by atoms with Crippen LogP contribution in [0.5, 0.6) is 0 Å². The zero-order valence-corrected chi connectivity index (χ0v) is 12.1. The molecule has 1 aliphatic heterocycles. The number of rotatable bonds is 4. The van der Waals surface area contributed by atoms with Gasteiger partial charge in [0.1, 0.15) is 6.04 Å². The van der Waals surface area contributed by atoms with Gasteiger partial charge in [0.15, 0.2) is 0 Å². The van der Waals surface area contributed by atoms with Gasteiger partial charge in [0.25, 0.3) is 5.91 Å². The Morgan fingerprint density at radius 1 is 1.09 bits per heavy atom. The first-order valence-corrected chi connectivity index (χ1v) is 7.32. The average molecular weight is 295 g/mol. The van der Waals surface area contributed by atoms with E-state index in [0.717, 1.165) is 11.1 Å². The lowest BCUT2D eigenvalue weighted by Crippen LogP contribution is -2.50. The van der Waals surface area contributed by atoms with Gasteiger partial charge in [0.2, 0.25) is 0 Å². The predicted octanol–water partition coefficient (Wildman–Crippen LogP) is 2.38. The summed E-state index contributed by atoms with van der Waals surface area (Å²) < 4.78 is 0. The van der Waals surface area contributed by atoms with E-state index in [1.165, 1.54) is 4.90 Å². The van der Waals surface area contributed by atoms with Crippen LogP contribution in [-0.4, -0.2) is 34.5 Å². The van der Waals surface area contributed by atoms with Crippen molar-refractivity contribution in [3.05, 3.63) is 71.3 Å². The summed E-state index contributed by atoms with van der Waals surface area (Å²) in [7, 11) is 0. The smallest absolute Gasteiger partial charge is 0.326 e. The van der Waals surface area contributed by atoms with Crippen LogP contribution in [0.1, 0.15) is 21.5 Å². The highest BCUT2D eigenvalue weighted by Crippen LogP contribution is 2.23. The number of hydrogen-bond acceptors (Lipinski definition) is 2. The van der Waals surface area contributed by atoms with Crippen molar-refractivity contribution in [2.75, 3.05) is 6.54 Å². The maximum atomic E-state index is 12.6. The highest BCUT2D eigenvalue weighted by atomic mass is 16.4. The minimum atomic E-state index is -0.948. The van der Waals surface area contributed by atoms with Crippen LogP contribution in [0.2, 0.25) is 0 Å². The summed E-state index contributed by atoms with van der Waals surface area (Å²) in [6.45, 7) is 0.411. The van der Waals surface area contributed by atoms with Gasteiger partial charge in [-0.1, -0.05) is 48.5 Å². The molecule has 1 atom stereocenters. The Bertz CT molecular complexity index is 696. The summed E-state index contributed by atoms with van der Waals surface area (Å²) in [5.41, 5.74) is 2.53. The lowest BCUT2D eigenvalue weighted by molar-refractivity contribution is -0.142. The zero-order valence-electron chi connectivity index (χ0n) is 12.1. The molecule has 2 aromatic rings. The summed E-state index contributed by atoms with van der Waals surface area (Å²) in [5, 5.41) is 9.46. The molecule has 1 amide bonds. The monoisotopic (exact) mass is 295 g/mol. The number of hydrogen-bond donors (Lipinski definition) is 1. The molecular formula is C18H17NO3. The second-order valence-corrected chi connectivity index (χ2v) is 5.45. The minimum Gasteiger partial charge on any atom is -0.480 e. The Kier molecular flexibility index (Phi) is 3.92. The molecule has 0 saturated carbocycles. The van der Waals surface area contributed by atoms with E-state index in [1.54, 1.807) is 6.07 Å². The molecule has 0 aromatic heterocycles. The maximum Gasteiger partial charge on any atom is 0.326 e. The third kappa shape index (κ3) is 2.72. The Morgan fingerprint density at radius 2 is 1.77 bits per heavy atom. The molecule has 4 nitrogen and oxygen atoms in total. The Balaban J connectivity index is 1.84. The van der Waals surface area contributed by atoms with Crippen LogP contribution in [0.4, 0.5) is 0 Å². The molecule has 1 unspecified atom stereocenters. The van der Waals surface area contributed by atoms with Gasteiger partial charge >= 0.3 is 5.97 Å². The predicted molar refractivity (Wildman–Crippen MR) is 82.8 cm³/mol. The standard InChI is InChI=1S/C18H17NO3/c20-17-15-9-5-4-8-14(15)12-16(18(21)22)19(17)11-10-13-6-2-1-3-7-13/h1-9,16H,10-12H2,(H,21,22). The SMILES string of the molecule is O=C(O)C1Cc2ccccc2C(=O)N1CCc1ccccc1. The molecule has 2 aromatic carbocycles. The van der Waals surface area contributed by atoms with Crippen molar-refractivity contribution in [1.82, 2.24) is 4.90 Å². The van der Waals surface area contributed by atoms with Crippen molar-refractivity contribution in [1.29, 1.82) is 0 Å². The highest BCUT2D eigenvalue weighted by Gasteiger charge is 2.35. The molecule has 4 heteroatoms. The van der Waals surface area contributed by atoms with E-state index in [1.807, 2.05) is 48.5 Å². The highest BCUT2D eigenvalue weighted by molar-refractivity contribution is 5.99. The number of fused-ring (bicyclic) bond motifs is 1. The Morgan fingerprint density at radius 3 is 2.50 bits per heavy atom. The summed E-state index contributed by atoms with van der Waals surface area (Å²) in [5.74, 6) is -1.14. The van der Waals surface area contributed by atoms with Crippen LogP contribution < -0.4 is 0 Å². The number of carbonyl (C=O) groups is 2. The Hall–Kier alpha value is -2.62. The number of nitrogens with zero attached hydrogens (tertiary/aromatic N) is 1. The van der Waals surface area contributed by atoms with Crippen molar-refractivity contribution in [3.63, 3.8) is 0 Å². The van der Waals surface area contributed by atoms with Crippen LogP contribution in [0, 0.1) is 0 Å². The topological polar surface area (TPSA) is 57.6 Å². The number of carboxylic acids is 1. The van der Waals surface area contributed by atoms with Gasteiger partial charge in [-0.3, -0.25) is 4.79 Å². The fourth-order valence-corrected chi connectivity index (χ4v) is 2.89. The van der Waals surface area contributed by atoms with E-state index in [0.29, 0.717) is 24.9 Å². The van der Waals surface area contributed by atoms with E-state index in [4.69, 9.17) is 0 Å². The largest absolute Gasteiger partial charge is 0.480 e. The van der Waals surface area contributed by atoms with Gasteiger partial charge in [-0.25, -0.2) is 4.79 Å². The molecule has 22 heavy (non-hydrogen) atoms. The first-order chi connectivity index (χ1) is 10.7. The van der Waals surface area contributed by atoms with Crippen molar-refractivity contribution >= 4 is 11.9 Å². The van der Waals surface area contributed by atoms with Gasteiger partial charge in [-0.05, 0) is 23.6 Å². The van der Waals surface area contributed by atoms with Crippen LogP contribution in [0.15, 0.2) is 54.6 Å². The normalized spacial score (nSPS) is 17.2. The third-order valence-electron chi connectivity index (χ3n) is 4.07. The molecule has 0 bridgehead atoms. The second kappa shape index (κ2) is 6.02. The van der Waals surface area contributed by atoms with Crippen molar-refractivity contribution in [2.45, 2.75) is 18.9 Å². The first-order valence-electron chi connectivity index (χ1n) is 7.32. The molecule has 0 saturated heterocycles. The van der Waals surface area contributed by atoms with E-state index in [-0.39, 0.29) is 5.91 Å². The summed E-state index contributed by atoms with van der Waals surface area (Å²) in [6.07, 6.45) is 1.02. The molecule has 1 N–H and O–H groups in total. The van der Waals surface area contributed by atoms with Crippen LogP contribution in [0.25, 0.3) is 0 Å². The van der Waals surface area contributed by atoms with Crippen LogP contribution in [0.3, 0.4) is 0 Å². The van der Waals surface area contributed by atoms with E-state index >= 15 is 0 Å². The number of carbonyl (C=O) groups excluding carboxylic acids is 1. The zero-order chi connectivity index (χ0) is 15.5. The van der Waals surface area contributed by atoms with Gasteiger partial charge in [0, 0.05) is 18.5 Å². The fourth-order valence-electron chi connectivity index (χ4n) is 2.89. The van der Waals surface area contributed by atoms with Gasteiger partial charge in [0.05, 0.1) is 0 Å². The van der Waals surface area contributed by atoms with E-state index in [2.05, 4.69) is 0 Å². The van der Waals surface area contributed by atoms with Crippen molar-refractivity contribution in [2.24, 2.45) is 0 Å². The van der Waals surface area contributed by atoms with Crippen molar-refractivity contribution in [3.8, 4) is 0 Å². The van der Waals surface area contributed by atoms with Crippen LogP contribution >= 0.6 is 0 Å². The number of benzene rings is 2. The maximum absolute atomic E-state index is 12.6. The quantitative estimate of drug-likeness (QED) is 0.942. The molecule has 1 heterocycles. The molecule has 0 aliphatic carbocycles. The van der Waals surface area contributed by atoms with Gasteiger partial charge in [-0.2, -0.15) is 0 Å². The average Bonchev–Trinajstić information content (AvgIpc) is 2.54. The number of aliphatic carboxylic acids is 1. The summed E-state index contributed by atoms with van der Waals surface area (Å²) in [6, 6.07) is 16.3. The second-order valence-electron chi connectivity index (χ2n) is 5.45. The van der Waals surface area contributed by atoms with E-state index < -0.39 is 12.0 Å². The van der Waals surface area contributed by atoms with Crippen molar-refractivity contribution < 1.29 is 14.7 Å². The molecule has 0 radical (unpaired) electrons. The molecule has 3 rings (SSSR count). The first kappa shape index (κ1) is 14.3. The molecular weight excluding hydrogens is 278 g/mol. The third-order valence-corrected chi connectivity index (χ3v) is 4.07. The summed E-state index contributed by atoms with van der Waals surface area (Å²) >= 11 is 0. The number of amides is 1. The fraction of sp³-hybridized carbons (Fsp3) is 0.222. The van der Waals surface area contributed by atoms with Gasteiger partial charge < -0.3 is 10.0 Å². The van der Waals surface area contributed by atoms with Gasteiger partial charge in [-0.15, -0.1) is 0 Å². The molecule has 112 valence electrons. The molecule has 0 fully saturated rings. The summed E-state index contributed by atoms with van der Waals surface area (Å²) in [4.78, 5) is 25.6. The lowest BCUT2D eigenvalue weighted by Gasteiger charge is -2.34.